The maximum Gasteiger partial charge on any atom is 1.00 e. The molecule has 0 radical (unpaired) electrons. The second-order valence-corrected chi connectivity index (χ2v) is 10.1. The van der Waals surface area contributed by atoms with E-state index in [1.165, 1.54) is 0 Å². The van der Waals surface area contributed by atoms with Gasteiger partial charge in [0.05, 0.1) is 25.7 Å². The van der Waals surface area contributed by atoms with Crippen LogP contribution in [0.5, 0.6) is 0 Å². The van der Waals surface area contributed by atoms with E-state index in [9.17, 15) is 0 Å². The average molecular weight is 845 g/mol. The predicted molar refractivity (Wildman–Crippen MR) is 122 cm³/mol. The second kappa shape index (κ2) is 17.0. The number of rotatable bonds is 4. The molecule has 44 heavy (non-hydrogen) atoms. The van der Waals surface area contributed by atoms with Crippen LogP contribution in [0, 0.1) is 20.5 Å². The number of imidazole rings is 2. The van der Waals surface area contributed by atoms with E-state index in [2.05, 4.69) is 66.7 Å². The third-order valence-corrected chi connectivity index (χ3v) is 5.52. The molecule has 0 amide bonds. The number of hydrogen-bond donors (Lipinski definition) is 0. The number of fused-ring (bicyclic) bond motifs is 6. The molecule has 0 atom stereocenters. The van der Waals surface area contributed by atoms with Crippen molar-refractivity contribution in [2.24, 2.45) is 0 Å². The molecule has 4 aromatic heterocycles. The fourth-order valence-electron chi connectivity index (χ4n) is 3.96. The molecule has 2 aliphatic heterocycles. The molecule has 0 spiro atoms. The molecule has 2 aliphatic rings. The summed E-state index contributed by atoms with van der Waals surface area (Å²) in [6, 6.07) is 0. The molecule has 0 saturated heterocycles. The molecule has 248 valence electrons. The Hall–Kier alpha value is -2.08. The average Bonchev–Trinajstić information content (AvgIpc) is 3.65. The molecule has 0 aliphatic carbocycles. The predicted octanol–water partition coefficient (Wildman–Crippen LogP) is -6.28. The van der Waals surface area contributed by atoms with Crippen LogP contribution >= 0.6 is 0 Å². The second-order valence-electron chi connectivity index (χ2n) is 8.62. The van der Waals surface area contributed by atoms with Crippen molar-refractivity contribution in [2.45, 2.75) is 39.8 Å². The van der Waals surface area contributed by atoms with Crippen molar-refractivity contribution in [1.82, 2.24) is 29.1 Å². The van der Waals surface area contributed by atoms with Crippen molar-refractivity contribution in [3.8, 4) is 0 Å². The molecule has 6 heterocycles. The SMILES string of the molecule is C=C1C[N-]c2c3ncn(CCC)c3nc[n+]21.C=C1C[N-]c2c3ncn(CCC)c3nc[n+]21.[Ag+].[Ag+].[O-][Cl+3]([O-])([O-])[O-].[O-][Cl+3]([O-])([O-])[O-]. The third-order valence-electron chi connectivity index (χ3n) is 5.52. The van der Waals surface area contributed by atoms with Crippen molar-refractivity contribution in [3.63, 3.8) is 0 Å². The van der Waals surface area contributed by atoms with Gasteiger partial charge in [-0.2, -0.15) is 0 Å². The fraction of sp³-hybridized carbons (Fsp3) is 0.364. The summed E-state index contributed by atoms with van der Waals surface area (Å²) in [7, 11) is -9.89. The molecule has 22 heteroatoms. The van der Waals surface area contributed by atoms with Crippen LogP contribution in [0.3, 0.4) is 0 Å². The van der Waals surface area contributed by atoms with Gasteiger partial charge in [0.25, 0.3) is 0 Å². The molecule has 0 saturated carbocycles. The zero-order valence-corrected chi connectivity index (χ0v) is 27.5. The van der Waals surface area contributed by atoms with Crippen molar-refractivity contribution in [1.29, 1.82) is 0 Å². The number of halogens is 2. The Morgan fingerprint density at radius 2 is 1.00 bits per heavy atom. The van der Waals surface area contributed by atoms with E-state index in [-0.39, 0.29) is 44.8 Å². The summed E-state index contributed by atoms with van der Waals surface area (Å²) in [6.45, 7) is 15.3. The van der Waals surface area contributed by atoms with Crippen molar-refractivity contribution in [2.75, 3.05) is 13.1 Å². The summed E-state index contributed by atoms with van der Waals surface area (Å²) in [6.07, 6.45) is 9.37. The first-order valence-electron chi connectivity index (χ1n) is 12.1. The summed E-state index contributed by atoms with van der Waals surface area (Å²) in [4.78, 5) is 17.6. The van der Waals surface area contributed by atoms with Gasteiger partial charge in [0.2, 0.25) is 0 Å². The minimum absolute atomic E-state index is 0. The van der Waals surface area contributed by atoms with Gasteiger partial charge in [-0.15, -0.1) is 20.5 Å². The smallest absolute Gasteiger partial charge is 0.315 e. The summed E-state index contributed by atoms with van der Waals surface area (Å²) >= 11 is 0. The first-order chi connectivity index (χ1) is 19.6. The Bertz CT molecular complexity index is 1450. The van der Waals surface area contributed by atoms with E-state index in [1.807, 2.05) is 21.8 Å². The van der Waals surface area contributed by atoms with Gasteiger partial charge >= 0.3 is 44.8 Å². The molecule has 0 aromatic carbocycles. The van der Waals surface area contributed by atoms with Gasteiger partial charge in [0.15, 0.2) is 34.0 Å². The minimum Gasteiger partial charge on any atom is -0.315 e. The Balaban J connectivity index is 0.000000328. The summed E-state index contributed by atoms with van der Waals surface area (Å²) in [5.41, 5.74) is 5.46. The molecule has 6 rings (SSSR count). The maximum absolute atomic E-state index is 8.49. The fourth-order valence-corrected chi connectivity index (χ4v) is 3.96. The van der Waals surface area contributed by atoms with Crippen LogP contribution in [0.2, 0.25) is 0 Å². The van der Waals surface area contributed by atoms with Crippen LogP contribution < -0.4 is 46.4 Å². The molecule has 0 N–H and O–H groups in total. The molecule has 0 unspecified atom stereocenters. The van der Waals surface area contributed by atoms with Crippen molar-refractivity contribution < 1.29 is 112 Å². The molecule has 0 fully saturated rings. The topological polar surface area (TPSA) is 282 Å². The van der Waals surface area contributed by atoms with Gasteiger partial charge in [0, 0.05) is 24.5 Å². The van der Waals surface area contributed by atoms with Crippen LogP contribution in [0.4, 0.5) is 11.6 Å². The van der Waals surface area contributed by atoms with Gasteiger partial charge in [-0.1, -0.05) is 27.0 Å². The van der Waals surface area contributed by atoms with Crippen LogP contribution in [-0.4, -0.2) is 42.2 Å². The van der Waals surface area contributed by atoms with E-state index in [4.69, 9.17) is 37.3 Å². The van der Waals surface area contributed by atoms with Crippen LogP contribution in [-0.2, 0) is 57.9 Å². The Labute approximate surface area is 286 Å². The molecular weight excluding hydrogens is 819 g/mol. The largest absolute Gasteiger partial charge is 1.00 e. The van der Waals surface area contributed by atoms with Gasteiger partial charge in [-0.25, -0.2) is 57.2 Å². The molecular formula is C22H26Ag2Cl2N10O8. The zero-order chi connectivity index (χ0) is 31.2. The standard InChI is InChI=1S/2C11H13N5.2Ag.2ClHO4/c2*1-3-4-15-6-13-9-10(15)14-7-16-8(2)5-12-11(9)16;;;2*2-1(3,4)5/h2*6-7H,2-5H2,1H3;;;2*(H,2,3,4,5)/q;;2*+1;;/p-2. The summed E-state index contributed by atoms with van der Waals surface area (Å²) in [5, 5.41) is 8.86. The van der Waals surface area contributed by atoms with Crippen molar-refractivity contribution >= 4 is 45.4 Å². The third kappa shape index (κ3) is 11.1. The maximum atomic E-state index is 8.49. The summed E-state index contributed by atoms with van der Waals surface area (Å²) < 4.78 is 75.9. The van der Waals surface area contributed by atoms with E-state index in [0.29, 0.717) is 13.1 Å². The Morgan fingerprint density at radius 1 is 0.682 bits per heavy atom. The van der Waals surface area contributed by atoms with E-state index in [0.717, 1.165) is 71.3 Å². The first kappa shape index (κ1) is 39.9. The van der Waals surface area contributed by atoms with E-state index < -0.39 is 20.5 Å². The molecule has 18 nitrogen and oxygen atoms in total. The number of hydrogen-bond acceptors (Lipinski definition) is 12. The first-order valence-corrected chi connectivity index (χ1v) is 14.5. The van der Waals surface area contributed by atoms with Crippen LogP contribution in [0.1, 0.15) is 26.7 Å². The van der Waals surface area contributed by atoms with E-state index in [1.54, 1.807) is 12.7 Å². The Morgan fingerprint density at radius 3 is 1.30 bits per heavy atom. The number of nitrogens with zero attached hydrogens (tertiary/aromatic N) is 10. The normalized spacial score (nSPS) is 13.0. The molecule has 0 bridgehead atoms. The molecule has 4 aromatic rings. The monoisotopic (exact) mass is 842 g/mol. The quantitative estimate of drug-likeness (QED) is 0.137. The number of aryl methyl sites for hydroxylation is 2. The zero-order valence-electron chi connectivity index (χ0n) is 23.1. The van der Waals surface area contributed by atoms with Gasteiger partial charge in [-0.3, -0.25) is 19.8 Å². The van der Waals surface area contributed by atoms with Gasteiger partial charge < -0.3 is 9.13 Å². The van der Waals surface area contributed by atoms with Crippen LogP contribution in [0.25, 0.3) is 44.4 Å². The minimum atomic E-state index is -4.94. The van der Waals surface area contributed by atoms with Gasteiger partial charge in [-0.05, 0) is 12.8 Å². The Kier molecular flexibility index (Phi) is 15.4. The van der Waals surface area contributed by atoms with Crippen LogP contribution in [0.15, 0.2) is 38.5 Å². The number of aromatic nitrogens is 8. The van der Waals surface area contributed by atoms with Gasteiger partial charge in [0.1, 0.15) is 12.7 Å². The van der Waals surface area contributed by atoms with E-state index >= 15 is 0 Å². The van der Waals surface area contributed by atoms with Crippen molar-refractivity contribution in [3.05, 3.63) is 49.1 Å². The summed E-state index contributed by atoms with van der Waals surface area (Å²) in [5.74, 6) is 1.76.